The molecule has 26 heavy (non-hydrogen) atoms. The molecular weight excluding hydrogens is 358 g/mol. The van der Waals surface area contributed by atoms with E-state index in [1.807, 2.05) is 5.32 Å². The summed E-state index contributed by atoms with van der Waals surface area (Å²) in [4.78, 5) is 23.3. The Hall–Kier alpha value is -2.91. The lowest BCUT2D eigenvalue weighted by Gasteiger charge is -2.16. The average molecular weight is 373 g/mol. The molecule has 2 rings (SSSR count). The molecule has 10 heteroatoms. The average Bonchev–Trinajstić information content (AvgIpc) is 2.97. The normalized spacial score (nSPS) is 12.7. The van der Waals surface area contributed by atoms with Crippen LogP contribution in [0, 0.1) is 5.82 Å². The van der Waals surface area contributed by atoms with Gasteiger partial charge in [-0.2, -0.15) is 18.3 Å². The fourth-order valence-electron chi connectivity index (χ4n) is 2.38. The third-order valence-electron chi connectivity index (χ3n) is 3.56. The summed E-state index contributed by atoms with van der Waals surface area (Å²) in [6, 6.07) is 3.13. The Labute approximate surface area is 145 Å². The van der Waals surface area contributed by atoms with Gasteiger partial charge in [0.25, 0.3) is 5.91 Å². The van der Waals surface area contributed by atoms with Crippen LogP contribution in [-0.4, -0.2) is 39.0 Å². The first-order valence-corrected chi connectivity index (χ1v) is 7.55. The third kappa shape index (κ3) is 4.58. The number of halogens is 4. The number of hydrogen-bond donors (Lipinski definition) is 2. The lowest BCUT2D eigenvalue weighted by Crippen LogP contribution is -2.43. The van der Waals surface area contributed by atoms with E-state index in [4.69, 9.17) is 5.11 Å². The molecule has 0 aliphatic heterocycles. The number of carboxylic acids is 1. The van der Waals surface area contributed by atoms with Gasteiger partial charge in [0.15, 0.2) is 0 Å². The van der Waals surface area contributed by atoms with Crippen molar-refractivity contribution in [2.45, 2.75) is 32.0 Å². The summed E-state index contributed by atoms with van der Waals surface area (Å²) in [6.45, 7) is 1.69. The Kier molecular flexibility index (Phi) is 5.63. The second-order valence-corrected chi connectivity index (χ2v) is 5.43. The van der Waals surface area contributed by atoms with Gasteiger partial charge in [0.1, 0.15) is 11.9 Å². The Morgan fingerprint density at radius 2 is 1.88 bits per heavy atom. The van der Waals surface area contributed by atoms with E-state index < -0.39 is 36.3 Å². The van der Waals surface area contributed by atoms with Crippen LogP contribution < -0.4 is 5.32 Å². The minimum Gasteiger partial charge on any atom is -0.480 e. The number of carbonyl (C=O) groups excluding carboxylic acids is 1. The van der Waals surface area contributed by atoms with E-state index in [1.165, 1.54) is 28.9 Å². The highest BCUT2D eigenvalue weighted by molar-refractivity contribution is 5.97. The van der Waals surface area contributed by atoms with Gasteiger partial charge in [0.05, 0.1) is 29.6 Å². The van der Waals surface area contributed by atoms with Crippen LogP contribution in [0.5, 0.6) is 0 Å². The number of aliphatic carboxylic acids is 1. The number of hydrogen-bond acceptors (Lipinski definition) is 3. The molecule has 1 aromatic carbocycles. The maximum atomic E-state index is 13.0. The largest absolute Gasteiger partial charge is 0.480 e. The molecule has 1 unspecified atom stereocenters. The van der Waals surface area contributed by atoms with Crippen molar-refractivity contribution in [1.82, 2.24) is 15.1 Å². The highest BCUT2D eigenvalue weighted by atomic mass is 19.4. The first-order chi connectivity index (χ1) is 12.1. The van der Waals surface area contributed by atoms with Crippen LogP contribution >= 0.6 is 0 Å². The fourth-order valence-corrected chi connectivity index (χ4v) is 2.38. The molecule has 0 aliphatic rings. The van der Waals surface area contributed by atoms with Gasteiger partial charge >= 0.3 is 12.1 Å². The molecule has 0 spiro atoms. The summed E-state index contributed by atoms with van der Waals surface area (Å²) in [5, 5.41) is 14.8. The summed E-state index contributed by atoms with van der Waals surface area (Å²) >= 11 is 0. The minimum absolute atomic E-state index is 0.0507. The van der Waals surface area contributed by atoms with Gasteiger partial charge in [0, 0.05) is 0 Å². The molecule has 0 saturated heterocycles. The number of alkyl halides is 3. The lowest BCUT2D eigenvalue weighted by molar-refractivity contribution is -0.157. The Balaban J connectivity index is 2.29. The number of nitrogens with zero attached hydrogens (tertiary/aromatic N) is 2. The molecule has 2 N–H and O–H groups in total. The molecule has 0 fully saturated rings. The zero-order chi connectivity index (χ0) is 19.5. The van der Waals surface area contributed by atoms with Crippen molar-refractivity contribution in [3.63, 3.8) is 0 Å². The van der Waals surface area contributed by atoms with Gasteiger partial charge in [-0.3, -0.25) is 4.79 Å². The molecular formula is C16H15F4N3O3. The van der Waals surface area contributed by atoms with Crippen molar-refractivity contribution in [2.24, 2.45) is 0 Å². The van der Waals surface area contributed by atoms with E-state index in [9.17, 15) is 27.2 Å². The molecule has 0 aliphatic carbocycles. The zero-order valence-corrected chi connectivity index (χ0v) is 13.5. The number of benzene rings is 1. The molecule has 1 heterocycles. The molecule has 0 radical (unpaired) electrons. The predicted molar refractivity (Wildman–Crippen MR) is 82.5 cm³/mol. The molecule has 140 valence electrons. The molecule has 1 aromatic heterocycles. The van der Waals surface area contributed by atoms with Gasteiger partial charge in [0.2, 0.25) is 0 Å². The second kappa shape index (κ2) is 7.54. The second-order valence-electron chi connectivity index (χ2n) is 5.43. The molecule has 1 atom stereocenters. The van der Waals surface area contributed by atoms with Crippen LogP contribution in [0.15, 0.2) is 30.5 Å². The van der Waals surface area contributed by atoms with Gasteiger partial charge in [-0.1, -0.05) is 6.92 Å². The van der Waals surface area contributed by atoms with Crippen LogP contribution in [0.1, 0.15) is 29.4 Å². The fraction of sp³-hybridized carbons (Fsp3) is 0.312. The van der Waals surface area contributed by atoms with Crippen molar-refractivity contribution in [3.05, 3.63) is 47.5 Å². The number of carboxylic acid groups (broad SMARTS) is 1. The van der Waals surface area contributed by atoms with E-state index in [-0.39, 0.29) is 12.0 Å². The van der Waals surface area contributed by atoms with Gasteiger partial charge in [-0.25, -0.2) is 13.9 Å². The number of amides is 1. The van der Waals surface area contributed by atoms with Gasteiger partial charge < -0.3 is 10.4 Å². The van der Waals surface area contributed by atoms with E-state index in [0.29, 0.717) is 11.4 Å². The summed E-state index contributed by atoms with van der Waals surface area (Å²) in [5.74, 6) is -3.24. The first kappa shape index (κ1) is 19.4. The highest BCUT2D eigenvalue weighted by Crippen LogP contribution is 2.22. The van der Waals surface area contributed by atoms with E-state index in [1.54, 1.807) is 6.92 Å². The molecule has 0 bridgehead atoms. The number of carbonyl (C=O) groups is 2. The quantitative estimate of drug-likeness (QED) is 0.763. The van der Waals surface area contributed by atoms with Gasteiger partial charge in [-0.15, -0.1) is 0 Å². The minimum atomic E-state index is -4.75. The Morgan fingerprint density at radius 3 is 2.38 bits per heavy atom. The summed E-state index contributed by atoms with van der Waals surface area (Å²) in [7, 11) is 0. The zero-order valence-electron chi connectivity index (χ0n) is 13.5. The molecule has 1 amide bonds. The molecule has 6 nitrogen and oxygen atoms in total. The maximum Gasteiger partial charge on any atom is 0.391 e. The SMILES string of the molecule is CCc1c(C(=O)NC(CC(F)(F)F)C(=O)O)cnn1-c1ccc(F)cc1. The number of nitrogens with one attached hydrogen (secondary N) is 1. The van der Waals surface area contributed by atoms with E-state index in [2.05, 4.69) is 5.10 Å². The smallest absolute Gasteiger partial charge is 0.391 e. The summed E-state index contributed by atoms with van der Waals surface area (Å²) < 4.78 is 51.8. The van der Waals surface area contributed by atoms with Crippen LogP contribution in [-0.2, 0) is 11.2 Å². The Bertz CT molecular complexity index is 800. The van der Waals surface area contributed by atoms with Crippen molar-refractivity contribution in [2.75, 3.05) is 0 Å². The van der Waals surface area contributed by atoms with E-state index in [0.717, 1.165) is 6.20 Å². The Morgan fingerprint density at radius 1 is 1.27 bits per heavy atom. The maximum absolute atomic E-state index is 13.0. The standard InChI is InChI=1S/C16H15F4N3O3/c1-2-13-11(8-21-23(13)10-5-3-9(17)4-6-10)14(24)22-12(15(25)26)7-16(18,19)20/h3-6,8,12H,2,7H2,1H3,(H,22,24)(H,25,26). The molecule has 2 aromatic rings. The van der Waals surface area contributed by atoms with Gasteiger partial charge in [-0.05, 0) is 30.7 Å². The van der Waals surface area contributed by atoms with E-state index >= 15 is 0 Å². The lowest BCUT2D eigenvalue weighted by atomic mass is 10.1. The summed E-state index contributed by atoms with van der Waals surface area (Å²) in [5.41, 5.74) is 0.753. The predicted octanol–water partition coefficient (Wildman–Crippen LogP) is 2.71. The highest BCUT2D eigenvalue weighted by Gasteiger charge is 2.36. The topological polar surface area (TPSA) is 84.2 Å². The number of aromatic nitrogens is 2. The van der Waals surface area contributed by atoms with Crippen LogP contribution in [0.2, 0.25) is 0 Å². The van der Waals surface area contributed by atoms with Crippen LogP contribution in [0.25, 0.3) is 5.69 Å². The molecule has 0 saturated carbocycles. The van der Waals surface area contributed by atoms with Crippen LogP contribution in [0.4, 0.5) is 17.6 Å². The van der Waals surface area contributed by atoms with Crippen molar-refractivity contribution in [3.8, 4) is 5.69 Å². The van der Waals surface area contributed by atoms with Crippen molar-refractivity contribution >= 4 is 11.9 Å². The number of rotatable bonds is 6. The van der Waals surface area contributed by atoms with Crippen molar-refractivity contribution in [1.29, 1.82) is 0 Å². The third-order valence-corrected chi connectivity index (χ3v) is 3.56. The first-order valence-electron chi connectivity index (χ1n) is 7.55. The monoisotopic (exact) mass is 373 g/mol. The van der Waals surface area contributed by atoms with Crippen molar-refractivity contribution < 1.29 is 32.3 Å². The van der Waals surface area contributed by atoms with Crippen LogP contribution in [0.3, 0.4) is 0 Å². The summed E-state index contributed by atoms with van der Waals surface area (Å²) in [6.07, 6.45) is -5.02.